The summed E-state index contributed by atoms with van der Waals surface area (Å²) in [5.41, 5.74) is 5.73. The molecule has 20 heavy (non-hydrogen) atoms. The molecule has 118 valence electrons. The number of carbonyl (C=O) groups excluding carboxylic acids is 1. The third-order valence-electron chi connectivity index (χ3n) is 4.71. The number of nitrogens with zero attached hydrogens (tertiary/aromatic N) is 1. The van der Waals surface area contributed by atoms with E-state index in [-0.39, 0.29) is 0 Å². The van der Waals surface area contributed by atoms with Crippen molar-refractivity contribution in [2.45, 2.75) is 78.2 Å². The summed E-state index contributed by atoms with van der Waals surface area (Å²) in [4.78, 5) is 14.6. The molecule has 0 bridgehead atoms. The van der Waals surface area contributed by atoms with Crippen molar-refractivity contribution >= 4 is 5.91 Å². The quantitative estimate of drug-likeness (QED) is 0.692. The molecule has 1 aliphatic carbocycles. The van der Waals surface area contributed by atoms with Crippen molar-refractivity contribution in [3.05, 3.63) is 0 Å². The van der Waals surface area contributed by atoms with Gasteiger partial charge in [0, 0.05) is 19.0 Å². The molecule has 3 nitrogen and oxygen atoms in total. The molecule has 1 amide bonds. The molecule has 0 aliphatic heterocycles. The lowest BCUT2D eigenvalue weighted by atomic mass is 9.80. The van der Waals surface area contributed by atoms with Gasteiger partial charge in [-0.25, -0.2) is 0 Å². The van der Waals surface area contributed by atoms with Crippen molar-refractivity contribution < 1.29 is 4.79 Å². The summed E-state index contributed by atoms with van der Waals surface area (Å²) in [6, 6.07) is 0.333. The molecule has 1 saturated carbocycles. The SMILES string of the molecule is CCCCCN(C(=O)CC1CCC(CN)CC1)C(C)C. The molecule has 1 fully saturated rings. The van der Waals surface area contributed by atoms with E-state index in [2.05, 4.69) is 25.7 Å². The highest BCUT2D eigenvalue weighted by molar-refractivity contribution is 5.76. The maximum atomic E-state index is 12.5. The zero-order chi connectivity index (χ0) is 15.0. The van der Waals surface area contributed by atoms with Crippen LogP contribution in [0.4, 0.5) is 0 Å². The predicted molar refractivity (Wildman–Crippen MR) is 85.5 cm³/mol. The maximum Gasteiger partial charge on any atom is 0.223 e. The lowest BCUT2D eigenvalue weighted by Crippen LogP contribution is -2.39. The van der Waals surface area contributed by atoms with Crippen LogP contribution in [0.1, 0.15) is 72.1 Å². The average Bonchev–Trinajstić information content (AvgIpc) is 2.44. The number of hydrogen-bond donors (Lipinski definition) is 1. The molecule has 2 N–H and O–H groups in total. The Morgan fingerprint density at radius 2 is 1.75 bits per heavy atom. The minimum Gasteiger partial charge on any atom is -0.340 e. The third-order valence-corrected chi connectivity index (χ3v) is 4.71. The summed E-state index contributed by atoms with van der Waals surface area (Å²) in [6.07, 6.45) is 9.13. The molecule has 0 radical (unpaired) electrons. The summed E-state index contributed by atoms with van der Waals surface area (Å²) in [7, 11) is 0. The largest absolute Gasteiger partial charge is 0.340 e. The molecule has 0 saturated heterocycles. The second-order valence-corrected chi connectivity index (χ2v) is 6.71. The molecular formula is C17H34N2O. The molecule has 0 atom stereocenters. The normalized spacial score (nSPS) is 23.1. The molecule has 0 unspecified atom stereocenters. The highest BCUT2D eigenvalue weighted by Crippen LogP contribution is 2.30. The predicted octanol–water partition coefficient (Wildman–Crippen LogP) is 3.57. The molecule has 0 aromatic carbocycles. The lowest BCUT2D eigenvalue weighted by Gasteiger charge is -2.31. The van der Waals surface area contributed by atoms with Gasteiger partial charge in [-0.3, -0.25) is 4.79 Å². The molecule has 1 rings (SSSR count). The van der Waals surface area contributed by atoms with Gasteiger partial charge in [0.2, 0.25) is 5.91 Å². The van der Waals surface area contributed by atoms with Gasteiger partial charge in [-0.1, -0.05) is 19.8 Å². The molecule has 1 aliphatic rings. The number of rotatable bonds is 8. The second-order valence-electron chi connectivity index (χ2n) is 6.71. The third kappa shape index (κ3) is 5.82. The van der Waals surface area contributed by atoms with E-state index in [1.807, 2.05) is 0 Å². The zero-order valence-electron chi connectivity index (χ0n) is 13.7. The van der Waals surface area contributed by atoms with Gasteiger partial charge in [-0.05, 0) is 64.3 Å². The Hall–Kier alpha value is -0.570. The van der Waals surface area contributed by atoms with Crippen LogP contribution in [-0.2, 0) is 4.79 Å². The Balaban J connectivity index is 2.38. The fourth-order valence-electron chi connectivity index (χ4n) is 3.24. The second kappa shape index (κ2) is 9.38. The Kier molecular flexibility index (Phi) is 8.20. The fourth-order valence-corrected chi connectivity index (χ4v) is 3.24. The number of amides is 1. The number of nitrogens with two attached hydrogens (primary N) is 1. The van der Waals surface area contributed by atoms with Crippen LogP contribution in [0.2, 0.25) is 0 Å². The average molecular weight is 282 g/mol. The van der Waals surface area contributed by atoms with Crippen LogP contribution in [0, 0.1) is 11.8 Å². The van der Waals surface area contributed by atoms with Gasteiger partial charge >= 0.3 is 0 Å². The smallest absolute Gasteiger partial charge is 0.223 e. The van der Waals surface area contributed by atoms with Gasteiger partial charge in [0.15, 0.2) is 0 Å². The van der Waals surface area contributed by atoms with Crippen molar-refractivity contribution in [3.63, 3.8) is 0 Å². The first kappa shape index (κ1) is 17.5. The van der Waals surface area contributed by atoms with E-state index in [0.29, 0.717) is 23.8 Å². The first-order valence-corrected chi connectivity index (χ1v) is 8.58. The zero-order valence-corrected chi connectivity index (χ0v) is 13.7. The van der Waals surface area contributed by atoms with E-state index in [1.54, 1.807) is 0 Å². The number of unbranched alkanes of at least 4 members (excludes halogenated alkanes) is 2. The van der Waals surface area contributed by atoms with E-state index in [4.69, 9.17) is 5.73 Å². The van der Waals surface area contributed by atoms with Gasteiger partial charge in [0.25, 0.3) is 0 Å². The van der Waals surface area contributed by atoms with Crippen LogP contribution in [-0.4, -0.2) is 29.9 Å². The van der Waals surface area contributed by atoms with Crippen LogP contribution in [0.5, 0.6) is 0 Å². The standard InChI is InChI=1S/C17H34N2O/c1-4-5-6-11-19(14(2)3)17(20)12-15-7-9-16(13-18)10-8-15/h14-16H,4-13,18H2,1-3H3. The van der Waals surface area contributed by atoms with Crippen molar-refractivity contribution in [3.8, 4) is 0 Å². The molecule has 0 aromatic heterocycles. The first-order chi connectivity index (χ1) is 9.58. The van der Waals surface area contributed by atoms with Crippen molar-refractivity contribution in [2.75, 3.05) is 13.1 Å². The molecule has 0 aromatic rings. The number of hydrogen-bond acceptors (Lipinski definition) is 2. The Morgan fingerprint density at radius 1 is 1.15 bits per heavy atom. The summed E-state index contributed by atoms with van der Waals surface area (Å²) >= 11 is 0. The van der Waals surface area contributed by atoms with Gasteiger partial charge in [0.1, 0.15) is 0 Å². The fraction of sp³-hybridized carbons (Fsp3) is 0.941. The summed E-state index contributed by atoms with van der Waals surface area (Å²) in [6.45, 7) is 8.22. The topological polar surface area (TPSA) is 46.3 Å². The summed E-state index contributed by atoms with van der Waals surface area (Å²) in [5, 5.41) is 0. The van der Waals surface area contributed by atoms with E-state index in [9.17, 15) is 4.79 Å². The first-order valence-electron chi connectivity index (χ1n) is 8.58. The molecular weight excluding hydrogens is 248 g/mol. The highest BCUT2D eigenvalue weighted by Gasteiger charge is 2.25. The van der Waals surface area contributed by atoms with E-state index < -0.39 is 0 Å². The monoisotopic (exact) mass is 282 g/mol. The van der Waals surface area contributed by atoms with Crippen LogP contribution in [0.15, 0.2) is 0 Å². The van der Waals surface area contributed by atoms with E-state index in [0.717, 1.165) is 25.9 Å². The van der Waals surface area contributed by atoms with Crippen LogP contribution < -0.4 is 5.73 Å². The van der Waals surface area contributed by atoms with Crippen molar-refractivity contribution in [1.82, 2.24) is 4.90 Å². The minimum atomic E-state index is 0.333. The summed E-state index contributed by atoms with van der Waals surface area (Å²) < 4.78 is 0. The van der Waals surface area contributed by atoms with Gasteiger partial charge < -0.3 is 10.6 Å². The molecule has 0 heterocycles. The highest BCUT2D eigenvalue weighted by atomic mass is 16.2. The molecule has 3 heteroatoms. The van der Waals surface area contributed by atoms with Gasteiger partial charge in [-0.15, -0.1) is 0 Å². The lowest BCUT2D eigenvalue weighted by molar-refractivity contribution is -0.134. The van der Waals surface area contributed by atoms with Gasteiger partial charge in [0.05, 0.1) is 0 Å². The molecule has 0 spiro atoms. The van der Waals surface area contributed by atoms with Crippen LogP contribution >= 0.6 is 0 Å². The van der Waals surface area contributed by atoms with Gasteiger partial charge in [-0.2, -0.15) is 0 Å². The van der Waals surface area contributed by atoms with E-state index in [1.165, 1.54) is 38.5 Å². The summed E-state index contributed by atoms with van der Waals surface area (Å²) in [5.74, 6) is 1.66. The Bertz CT molecular complexity index is 270. The Morgan fingerprint density at radius 3 is 2.25 bits per heavy atom. The Labute approximate surface area is 125 Å². The van der Waals surface area contributed by atoms with Crippen molar-refractivity contribution in [2.24, 2.45) is 17.6 Å². The van der Waals surface area contributed by atoms with Crippen molar-refractivity contribution in [1.29, 1.82) is 0 Å². The van der Waals surface area contributed by atoms with E-state index >= 15 is 0 Å². The number of carbonyl (C=O) groups is 1. The minimum absolute atomic E-state index is 0.333. The van der Waals surface area contributed by atoms with Crippen LogP contribution in [0.3, 0.4) is 0 Å². The van der Waals surface area contributed by atoms with Crippen LogP contribution in [0.25, 0.3) is 0 Å². The maximum absolute atomic E-state index is 12.5.